The van der Waals surface area contributed by atoms with Crippen molar-refractivity contribution < 1.29 is 4.79 Å². The van der Waals surface area contributed by atoms with Crippen molar-refractivity contribution in [2.45, 2.75) is 46.2 Å². The van der Waals surface area contributed by atoms with Gasteiger partial charge >= 0.3 is 0 Å². The van der Waals surface area contributed by atoms with E-state index in [0.717, 1.165) is 38.0 Å². The number of aromatic nitrogens is 1. The Bertz CT molecular complexity index is 728. The van der Waals surface area contributed by atoms with Crippen LogP contribution in [0.5, 0.6) is 0 Å². The van der Waals surface area contributed by atoms with Crippen molar-refractivity contribution in [3.8, 4) is 0 Å². The van der Waals surface area contributed by atoms with Gasteiger partial charge in [0.1, 0.15) is 0 Å². The molecule has 1 fully saturated rings. The average molecular weight is 339 g/mol. The van der Waals surface area contributed by atoms with E-state index in [9.17, 15) is 4.79 Å². The van der Waals surface area contributed by atoms with Gasteiger partial charge in [-0.1, -0.05) is 39.3 Å². The third-order valence-electron chi connectivity index (χ3n) is 5.30. The first-order valence-electron chi connectivity index (χ1n) is 9.44. The molecule has 0 bridgehead atoms. The van der Waals surface area contributed by atoms with E-state index in [1.54, 1.807) is 0 Å². The molecule has 0 spiro atoms. The van der Waals surface area contributed by atoms with Gasteiger partial charge in [-0.2, -0.15) is 0 Å². The summed E-state index contributed by atoms with van der Waals surface area (Å²) in [5.41, 5.74) is 2.33. The molecule has 2 heterocycles. The first-order chi connectivity index (χ1) is 12.1. The molecular formula is C21H29N3O. The molecular weight excluding hydrogens is 310 g/mol. The molecule has 1 aromatic heterocycles. The summed E-state index contributed by atoms with van der Waals surface area (Å²) < 4.78 is 0. The Morgan fingerprint density at radius 3 is 2.96 bits per heavy atom. The fraction of sp³-hybridized carbons (Fsp3) is 0.524. The molecule has 0 aliphatic carbocycles. The molecule has 2 aromatic rings. The lowest BCUT2D eigenvalue weighted by atomic mass is 9.89. The van der Waals surface area contributed by atoms with E-state index in [-0.39, 0.29) is 5.92 Å². The second-order valence-electron chi connectivity index (χ2n) is 7.41. The topological polar surface area (TPSA) is 45.2 Å². The number of carbonyl (C=O) groups is 1. The van der Waals surface area contributed by atoms with Crippen molar-refractivity contribution in [2.75, 3.05) is 13.1 Å². The number of carbonyl (C=O) groups excluding carboxylic acids is 1. The minimum Gasteiger partial charge on any atom is -0.342 e. The summed E-state index contributed by atoms with van der Waals surface area (Å²) in [5, 5.41) is 4.92. The van der Waals surface area contributed by atoms with Crippen LogP contribution >= 0.6 is 0 Å². The Balaban J connectivity index is 1.61. The standard InChI is InChI=1S/C21H29N3O/c1-4-17-14-24(21(25)15(2)3)11-9-20(17)23-13-16-7-8-19-18(12-16)6-5-10-22-19/h5-8,10,12,15,17,20,23H,4,9,11,13-14H2,1-3H3/t17-,20-/m0/s1. The SMILES string of the molecule is CC[C@H]1CN(C(=O)C(C)C)CC[C@@H]1NCc1ccc2ncccc2c1. The highest BCUT2D eigenvalue weighted by Crippen LogP contribution is 2.22. The zero-order valence-corrected chi connectivity index (χ0v) is 15.5. The molecule has 1 aliphatic rings. The summed E-state index contributed by atoms with van der Waals surface area (Å²) >= 11 is 0. The predicted octanol–water partition coefficient (Wildman–Crippen LogP) is 3.61. The average Bonchev–Trinajstić information content (AvgIpc) is 2.65. The van der Waals surface area contributed by atoms with Gasteiger partial charge in [-0.15, -0.1) is 0 Å². The summed E-state index contributed by atoms with van der Waals surface area (Å²) in [7, 11) is 0. The Labute approximate surface area is 150 Å². The second-order valence-corrected chi connectivity index (χ2v) is 7.41. The molecule has 1 amide bonds. The lowest BCUT2D eigenvalue weighted by molar-refractivity contribution is -0.136. The molecule has 1 N–H and O–H groups in total. The van der Waals surface area contributed by atoms with Gasteiger partial charge in [0.2, 0.25) is 5.91 Å². The molecule has 4 nitrogen and oxygen atoms in total. The lowest BCUT2D eigenvalue weighted by Gasteiger charge is -2.39. The number of benzene rings is 1. The van der Waals surface area contributed by atoms with Crippen LogP contribution in [0.4, 0.5) is 0 Å². The molecule has 134 valence electrons. The molecule has 4 heteroatoms. The number of piperidine rings is 1. The van der Waals surface area contributed by atoms with Crippen LogP contribution in [0.15, 0.2) is 36.5 Å². The highest BCUT2D eigenvalue weighted by atomic mass is 16.2. The second kappa shape index (κ2) is 7.96. The minimum absolute atomic E-state index is 0.0909. The summed E-state index contributed by atoms with van der Waals surface area (Å²) in [5.74, 6) is 0.908. The van der Waals surface area contributed by atoms with Crippen molar-refractivity contribution in [3.63, 3.8) is 0 Å². The van der Waals surface area contributed by atoms with Gasteiger partial charge in [-0.25, -0.2) is 0 Å². The van der Waals surface area contributed by atoms with E-state index >= 15 is 0 Å². The predicted molar refractivity (Wildman–Crippen MR) is 102 cm³/mol. The highest BCUT2D eigenvalue weighted by Gasteiger charge is 2.30. The Kier molecular flexibility index (Phi) is 5.69. The van der Waals surface area contributed by atoms with Crippen LogP contribution in [0.2, 0.25) is 0 Å². The molecule has 3 rings (SSSR count). The number of nitrogens with one attached hydrogen (secondary N) is 1. The van der Waals surface area contributed by atoms with Crippen LogP contribution in [0.3, 0.4) is 0 Å². The first-order valence-corrected chi connectivity index (χ1v) is 9.44. The number of hydrogen-bond acceptors (Lipinski definition) is 3. The molecule has 0 unspecified atom stereocenters. The van der Waals surface area contributed by atoms with Crippen molar-refractivity contribution in [1.82, 2.24) is 15.2 Å². The Morgan fingerprint density at radius 2 is 2.20 bits per heavy atom. The van der Waals surface area contributed by atoms with Crippen LogP contribution in [-0.4, -0.2) is 34.9 Å². The summed E-state index contributed by atoms with van der Waals surface area (Å²) in [6.45, 7) is 8.82. The molecule has 1 aromatic carbocycles. The van der Waals surface area contributed by atoms with Crippen molar-refractivity contribution in [2.24, 2.45) is 11.8 Å². The largest absolute Gasteiger partial charge is 0.342 e. The Morgan fingerprint density at radius 1 is 1.36 bits per heavy atom. The lowest BCUT2D eigenvalue weighted by Crippen LogP contribution is -2.51. The van der Waals surface area contributed by atoms with Gasteiger partial charge in [0, 0.05) is 43.2 Å². The van der Waals surface area contributed by atoms with Gasteiger partial charge in [-0.05, 0) is 36.1 Å². The maximum Gasteiger partial charge on any atom is 0.225 e. The molecule has 25 heavy (non-hydrogen) atoms. The molecule has 0 saturated carbocycles. The smallest absolute Gasteiger partial charge is 0.225 e. The number of amides is 1. The van der Waals surface area contributed by atoms with Crippen molar-refractivity contribution in [1.29, 1.82) is 0 Å². The van der Waals surface area contributed by atoms with Crippen LogP contribution in [-0.2, 0) is 11.3 Å². The van der Waals surface area contributed by atoms with E-state index in [2.05, 4.69) is 46.4 Å². The van der Waals surface area contributed by atoms with Gasteiger partial charge in [0.15, 0.2) is 0 Å². The van der Waals surface area contributed by atoms with E-state index in [1.165, 1.54) is 10.9 Å². The van der Waals surface area contributed by atoms with E-state index in [4.69, 9.17) is 0 Å². The number of fused-ring (bicyclic) bond motifs is 1. The number of pyridine rings is 1. The normalized spacial score (nSPS) is 21.0. The Hall–Kier alpha value is -1.94. The maximum absolute atomic E-state index is 12.3. The summed E-state index contributed by atoms with van der Waals surface area (Å²) in [6, 6.07) is 11.0. The van der Waals surface area contributed by atoms with Gasteiger partial charge in [-0.3, -0.25) is 9.78 Å². The van der Waals surface area contributed by atoms with Gasteiger partial charge in [0.25, 0.3) is 0 Å². The number of nitrogens with zero attached hydrogens (tertiary/aromatic N) is 2. The minimum atomic E-state index is 0.0909. The first kappa shape index (κ1) is 17.9. The van der Waals surface area contributed by atoms with Gasteiger partial charge < -0.3 is 10.2 Å². The molecule has 0 radical (unpaired) electrons. The fourth-order valence-electron chi connectivity index (χ4n) is 3.76. The number of rotatable bonds is 5. The highest BCUT2D eigenvalue weighted by molar-refractivity contribution is 5.79. The van der Waals surface area contributed by atoms with Crippen LogP contribution in [0.1, 0.15) is 39.2 Å². The molecule has 1 aliphatic heterocycles. The summed E-state index contributed by atoms with van der Waals surface area (Å²) in [6.07, 6.45) is 3.96. The van der Waals surface area contributed by atoms with E-state index in [0.29, 0.717) is 17.9 Å². The van der Waals surface area contributed by atoms with Crippen molar-refractivity contribution in [3.05, 3.63) is 42.1 Å². The monoisotopic (exact) mass is 339 g/mol. The number of likely N-dealkylation sites (tertiary alicyclic amines) is 1. The third kappa shape index (κ3) is 4.18. The maximum atomic E-state index is 12.3. The van der Waals surface area contributed by atoms with Crippen LogP contribution in [0, 0.1) is 11.8 Å². The molecule has 1 saturated heterocycles. The quantitative estimate of drug-likeness (QED) is 0.905. The van der Waals surface area contributed by atoms with Crippen molar-refractivity contribution >= 4 is 16.8 Å². The third-order valence-corrected chi connectivity index (χ3v) is 5.30. The van der Waals surface area contributed by atoms with E-state index in [1.807, 2.05) is 26.1 Å². The number of hydrogen-bond donors (Lipinski definition) is 1. The fourth-order valence-corrected chi connectivity index (χ4v) is 3.76. The zero-order chi connectivity index (χ0) is 17.8. The summed E-state index contributed by atoms with van der Waals surface area (Å²) in [4.78, 5) is 18.7. The van der Waals surface area contributed by atoms with Crippen LogP contribution < -0.4 is 5.32 Å². The molecule has 2 atom stereocenters. The van der Waals surface area contributed by atoms with Gasteiger partial charge in [0.05, 0.1) is 5.52 Å². The zero-order valence-electron chi connectivity index (χ0n) is 15.5. The van der Waals surface area contributed by atoms with E-state index < -0.39 is 0 Å². The van der Waals surface area contributed by atoms with Crippen LogP contribution in [0.25, 0.3) is 10.9 Å².